The molecule has 2 aromatic carbocycles. The number of ether oxygens (including phenoxy) is 1. The fourth-order valence-corrected chi connectivity index (χ4v) is 3.27. The highest BCUT2D eigenvalue weighted by molar-refractivity contribution is 5.87. The van der Waals surface area contributed by atoms with Crippen LogP contribution in [-0.2, 0) is 20.7 Å². The summed E-state index contributed by atoms with van der Waals surface area (Å²) >= 11 is 0. The van der Waals surface area contributed by atoms with E-state index < -0.39 is 6.04 Å². The largest absolute Gasteiger partial charge is 0.370 e. The van der Waals surface area contributed by atoms with Gasteiger partial charge in [-0.3, -0.25) is 9.59 Å². The first-order chi connectivity index (χ1) is 13.1. The Morgan fingerprint density at radius 2 is 1.78 bits per heavy atom. The minimum absolute atomic E-state index is 0.0627. The SMILES string of the molecule is C[C@@H](NC(=O)CCc1ccccc1)C(=O)N1CCOC(c2ccccc2)C1. The van der Waals surface area contributed by atoms with Crippen molar-refractivity contribution in [3.05, 3.63) is 71.8 Å². The van der Waals surface area contributed by atoms with E-state index in [-0.39, 0.29) is 17.9 Å². The highest BCUT2D eigenvalue weighted by Crippen LogP contribution is 2.22. The van der Waals surface area contributed by atoms with Gasteiger partial charge in [0.15, 0.2) is 0 Å². The van der Waals surface area contributed by atoms with Gasteiger partial charge in [0.2, 0.25) is 11.8 Å². The molecule has 1 aliphatic rings. The van der Waals surface area contributed by atoms with E-state index >= 15 is 0 Å². The summed E-state index contributed by atoms with van der Waals surface area (Å²) in [5, 5.41) is 2.83. The van der Waals surface area contributed by atoms with E-state index in [4.69, 9.17) is 4.74 Å². The van der Waals surface area contributed by atoms with Gasteiger partial charge in [0, 0.05) is 13.0 Å². The van der Waals surface area contributed by atoms with Crippen LogP contribution in [0.1, 0.15) is 30.6 Å². The van der Waals surface area contributed by atoms with Gasteiger partial charge in [0.05, 0.1) is 13.2 Å². The zero-order valence-corrected chi connectivity index (χ0v) is 15.6. The van der Waals surface area contributed by atoms with Gasteiger partial charge < -0.3 is 15.0 Å². The molecule has 1 heterocycles. The number of benzene rings is 2. The Bertz CT molecular complexity index is 749. The predicted molar refractivity (Wildman–Crippen MR) is 104 cm³/mol. The normalized spacial score (nSPS) is 18.0. The van der Waals surface area contributed by atoms with Gasteiger partial charge in [0.25, 0.3) is 0 Å². The Morgan fingerprint density at radius 1 is 1.11 bits per heavy atom. The van der Waals surface area contributed by atoms with Crippen molar-refractivity contribution < 1.29 is 14.3 Å². The second-order valence-corrected chi connectivity index (χ2v) is 6.83. The third-order valence-corrected chi connectivity index (χ3v) is 4.78. The molecule has 5 heteroatoms. The molecule has 0 spiro atoms. The molecule has 0 bridgehead atoms. The summed E-state index contributed by atoms with van der Waals surface area (Å²) in [4.78, 5) is 26.7. The number of hydrogen-bond acceptors (Lipinski definition) is 3. The number of aryl methyl sites for hydroxylation is 1. The quantitative estimate of drug-likeness (QED) is 0.855. The van der Waals surface area contributed by atoms with E-state index in [9.17, 15) is 9.59 Å². The Balaban J connectivity index is 1.49. The molecule has 2 amide bonds. The predicted octanol–water partition coefficient (Wildman–Crippen LogP) is 2.72. The smallest absolute Gasteiger partial charge is 0.245 e. The third-order valence-electron chi connectivity index (χ3n) is 4.78. The van der Waals surface area contributed by atoms with Crippen LogP contribution in [0, 0.1) is 0 Å². The number of morpholine rings is 1. The lowest BCUT2D eigenvalue weighted by atomic mass is 10.1. The molecule has 5 nitrogen and oxygen atoms in total. The molecule has 1 saturated heterocycles. The summed E-state index contributed by atoms with van der Waals surface area (Å²) in [7, 11) is 0. The van der Waals surface area contributed by atoms with Crippen molar-refractivity contribution >= 4 is 11.8 Å². The van der Waals surface area contributed by atoms with Crippen LogP contribution in [0.4, 0.5) is 0 Å². The van der Waals surface area contributed by atoms with Gasteiger partial charge in [-0.15, -0.1) is 0 Å². The van der Waals surface area contributed by atoms with Crippen LogP contribution in [0.25, 0.3) is 0 Å². The number of carbonyl (C=O) groups is 2. The number of hydrogen-bond donors (Lipinski definition) is 1. The van der Waals surface area contributed by atoms with E-state index in [1.807, 2.05) is 60.7 Å². The zero-order chi connectivity index (χ0) is 19.1. The van der Waals surface area contributed by atoms with Crippen LogP contribution in [0.3, 0.4) is 0 Å². The summed E-state index contributed by atoms with van der Waals surface area (Å²) in [5.74, 6) is -0.167. The molecule has 0 aromatic heterocycles. The first kappa shape index (κ1) is 19.1. The Hall–Kier alpha value is -2.66. The van der Waals surface area contributed by atoms with Crippen molar-refractivity contribution in [2.45, 2.75) is 31.9 Å². The molecule has 2 atom stereocenters. The second-order valence-electron chi connectivity index (χ2n) is 6.83. The Kier molecular flexibility index (Phi) is 6.60. The molecule has 1 unspecified atom stereocenters. The summed E-state index contributed by atoms with van der Waals surface area (Å²) < 4.78 is 5.81. The van der Waals surface area contributed by atoms with Gasteiger partial charge in [0.1, 0.15) is 12.1 Å². The van der Waals surface area contributed by atoms with E-state index in [2.05, 4.69) is 5.32 Å². The Morgan fingerprint density at radius 3 is 2.48 bits per heavy atom. The number of rotatable bonds is 6. The second kappa shape index (κ2) is 9.33. The van der Waals surface area contributed by atoms with Crippen molar-refractivity contribution in [2.75, 3.05) is 19.7 Å². The van der Waals surface area contributed by atoms with Crippen molar-refractivity contribution in [3.63, 3.8) is 0 Å². The van der Waals surface area contributed by atoms with Crippen molar-refractivity contribution in [2.24, 2.45) is 0 Å². The molecular weight excluding hydrogens is 340 g/mol. The minimum atomic E-state index is -0.539. The number of carbonyl (C=O) groups excluding carboxylic acids is 2. The maximum Gasteiger partial charge on any atom is 0.245 e. The van der Waals surface area contributed by atoms with E-state index in [1.54, 1.807) is 11.8 Å². The lowest BCUT2D eigenvalue weighted by molar-refractivity contribution is -0.142. The number of amides is 2. The molecule has 27 heavy (non-hydrogen) atoms. The van der Waals surface area contributed by atoms with Crippen LogP contribution >= 0.6 is 0 Å². The molecular formula is C22H26N2O3. The topological polar surface area (TPSA) is 58.6 Å². The summed E-state index contributed by atoms with van der Waals surface area (Å²) in [5.41, 5.74) is 2.18. The molecule has 1 fully saturated rings. The molecule has 0 radical (unpaired) electrons. The van der Waals surface area contributed by atoms with Gasteiger partial charge in [-0.2, -0.15) is 0 Å². The third kappa shape index (κ3) is 5.41. The van der Waals surface area contributed by atoms with Crippen molar-refractivity contribution in [1.29, 1.82) is 0 Å². The number of nitrogens with one attached hydrogen (secondary N) is 1. The molecule has 0 saturated carbocycles. The monoisotopic (exact) mass is 366 g/mol. The lowest BCUT2D eigenvalue weighted by Gasteiger charge is -2.34. The standard InChI is InChI=1S/C22H26N2O3/c1-17(23-21(25)13-12-18-8-4-2-5-9-18)22(26)24-14-15-27-20(16-24)19-10-6-3-7-11-19/h2-11,17,20H,12-16H2,1H3,(H,23,25)/t17-,20?/m1/s1. The van der Waals surface area contributed by atoms with Crippen LogP contribution in [-0.4, -0.2) is 42.5 Å². The fraction of sp³-hybridized carbons (Fsp3) is 0.364. The maximum absolute atomic E-state index is 12.7. The maximum atomic E-state index is 12.7. The first-order valence-corrected chi connectivity index (χ1v) is 9.42. The first-order valence-electron chi connectivity index (χ1n) is 9.42. The van der Waals surface area contributed by atoms with Crippen molar-refractivity contribution in [1.82, 2.24) is 10.2 Å². The average Bonchev–Trinajstić information content (AvgIpc) is 2.73. The van der Waals surface area contributed by atoms with Gasteiger partial charge >= 0.3 is 0 Å². The molecule has 142 valence electrons. The fourth-order valence-electron chi connectivity index (χ4n) is 3.27. The van der Waals surface area contributed by atoms with Crippen molar-refractivity contribution in [3.8, 4) is 0 Å². The van der Waals surface area contributed by atoms with Gasteiger partial charge in [-0.25, -0.2) is 0 Å². The number of nitrogens with zero attached hydrogens (tertiary/aromatic N) is 1. The highest BCUT2D eigenvalue weighted by Gasteiger charge is 2.28. The van der Waals surface area contributed by atoms with Gasteiger partial charge in [-0.05, 0) is 24.5 Å². The van der Waals surface area contributed by atoms with Gasteiger partial charge in [-0.1, -0.05) is 60.7 Å². The summed E-state index contributed by atoms with van der Waals surface area (Å²) in [6, 6.07) is 19.2. The highest BCUT2D eigenvalue weighted by atomic mass is 16.5. The Labute approximate surface area is 160 Å². The molecule has 2 aromatic rings. The van der Waals surface area contributed by atoms with Crippen LogP contribution in [0.5, 0.6) is 0 Å². The summed E-state index contributed by atoms with van der Waals surface area (Å²) in [6.45, 7) is 3.30. The molecule has 1 N–H and O–H groups in total. The molecule has 3 rings (SSSR count). The van der Waals surface area contributed by atoms with Crippen LogP contribution in [0.15, 0.2) is 60.7 Å². The minimum Gasteiger partial charge on any atom is -0.370 e. The average molecular weight is 366 g/mol. The summed E-state index contributed by atoms with van der Waals surface area (Å²) in [6.07, 6.45) is 0.920. The van der Waals surface area contributed by atoms with E-state index in [1.165, 1.54) is 0 Å². The lowest BCUT2D eigenvalue weighted by Crippen LogP contribution is -2.51. The molecule has 0 aliphatic carbocycles. The van der Waals surface area contributed by atoms with Crippen LogP contribution < -0.4 is 5.32 Å². The zero-order valence-electron chi connectivity index (χ0n) is 15.6. The molecule has 1 aliphatic heterocycles. The van der Waals surface area contributed by atoms with Crippen LogP contribution in [0.2, 0.25) is 0 Å². The van der Waals surface area contributed by atoms with E-state index in [0.29, 0.717) is 32.5 Å². The van der Waals surface area contributed by atoms with E-state index in [0.717, 1.165) is 11.1 Å².